The zero-order valence-electron chi connectivity index (χ0n) is 34.6. The Morgan fingerprint density at radius 2 is 1.14 bits per heavy atom. The number of hydrogen-bond donors (Lipinski definition) is 0. The van der Waals surface area contributed by atoms with Crippen molar-refractivity contribution in [2.24, 2.45) is 0 Å². The van der Waals surface area contributed by atoms with Crippen molar-refractivity contribution in [2.75, 3.05) is 0 Å². The molecule has 63 heavy (non-hydrogen) atoms. The fourth-order valence-electron chi connectivity index (χ4n) is 11.8. The topological polar surface area (TPSA) is 44.4 Å². The quantitative estimate of drug-likeness (QED) is 0.163. The van der Waals surface area contributed by atoms with Crippen molar-refractivity contribution in [3.05, 3.63) is 228 Å². The lowest BCUT2D eigenvalue weighted by Gasteiger charge is -2.47. The number of nitrogens with zero attached hydrogens (tertiary/aromatic N) is 1. The monoisotopic (exact) mass is 827 g/mol. The summed E-state index contributed by atoms with van der Waals surface area (Å²) in [6, 6.07) is 68.6. The van der Waals surface area contributed by atoms with Crippen LogP contribution in [0.1, 0.15) is 47.2 Å². The summed E-state index contributed by atoms with van der Waals surface area (Å²) in [6.07, 6.45) is 0. The first-order valence-corrected chi connectivity index (χ1v) is 23.4. The van der Waals surface area contributed by atoms with Crippen LogP contribution in [0, 0.1) is 0 Å². The van der Waals surface area contributed by atoms with E-state index in [2.05, 4.69) is 158 Å². The van der Waals surface area contributed by atoms with Gasteiger partial charge in [0.25, 0.3) is 0 Å². The molecule has 0 fully saturated rings. The third-order valence-corrected chi connectivity index (χ3v) is 17.7. The third-order valence-electron chi connectivity index (χ3n) is 14.5. The minimum atomic E-state index is -3.46. The molecule has 2 aromatic heterocycles. The van der Waals surface area contributed by atoms with Crippen LogP contribution < -0.4 is 20.7 Å². The highest BCUT2D eigenvalue weighted by Gasteiger charge is 2.55. The Morgan fingerprint density at radius 3 is 2.02 bits per heavy atom. The van der Waals surface area contributed by atoms with Gasteiger partial charge in [0.05, 0.1) is 16.4 Å². The number of hydrogen-bond acceptors (Lipinski definition) is 3. The Labute approximate surface area is 364 Å². The van der Waals surface area contributed by atoms with Gasteiger partial charge < -0.3 is 18.3 Å². The van der Waals surface area contributed by atoms with Crippen molar-refractivity contribution in [1.82, 2.24) is 4.57 Å². The zero-order chi connectivity index (χ0) is 41.8. The molecule has 4 heterocycles. The van der Waals surface area contributed by atoms with Crippen molar-refractivity contribution in [3.63, 3.8) is 0 Å². The molecular weight excluding hydrogens is 790 g/mol. The van der Waals surface area contributed by atoms with E-state index in [9.17, 15) is 0 Å². The SMILES string of the molecule is CC1(C)c2ccccc2-c2cc3c4ccccc4n(-c4ccc5c(c4)Oc4ccccc4C54c5ccccc5P(=O)(c5ccccc5)c5cc6oc7ccccc7c6cc54)c3cc21. The summed E-state index contributed by atoms with van der Waals surface area (Å²) >= 11 is 0. The standard InChI is InChI=1S/C58H38NO3P/c1-57(2)43-21-9-6-18-37(43)40-31-41-38-19-7-12-24-49(38)59(50(41)33-47(40)57)35-28-29-45-54(30-35)62-52-26-14-10-22-44(52)58(45)46-23-11-15-27-55(46)63(60,36-16-4-3-5-17-36)56-34-53-42(32-48(56)58)39-20-8-13-25-51(39)61-53/h3-34H,1-2H3. The number of aromatic nitrogens is 1. The van der Waals surface area contributed by atoms with Crippen molar-refractivity contribution in [3.8, 4) is 28.3 Å². The predicted molar refractivity (Wildman–Crippen MR) is 257 cm³/mol. The van der Waals surface area contributed by atoms with E-state index in [4.69, 9.17) is 9.15 Å². The highest BCUT2D eigenvalue weighted by atomic mass is 31.2. The third kappa shape index (κ3) is 4.34. The molecular formula is C58H38NO3P. The second-order valence-electron chi connectivity index (χ2n) is 17.9. The van der Waals surface area contributed by atoms with E-state index in [0.29, 0.717) is 0 Å². The molecule has 0 saturated heterocycles. The molecule has 0 saturated carbocycles. The lowest BCUT2D eigenvalue weighted by atomic mass is 9.63. The van der Waals surface area contributed by atoms with Crippen LogP contribution in [0.5, 0.6) is 11.5 Å². The molecule has 3 aliphatic rings. The average Bonchev–Trinajstić information content (AvgIpc) is 3.94. The van der Waals surface area contributed by atoms with E-state index in [-0.39, 0.29) is 5.41 Å². The Hall–Kier alpha value is -7.39. The van der Waals surface area contributed by atoms with Gasteiger partial charge in [-0.05, 0) is 81.9 Å². The molecule has 11 aromatic rings. The van der Waals surface area contributed by atoms with Crippen LogP contribution >= 0.6 is 7.14 Å². The summed E-state index contributed by atoms with van der Waals surface area (Å²) in [5, 5.41) is 6.86. The second kappa shape index (κ2) is 12.2. The number of furan rings is 1. The predicted octanol–water partition coefficient (Wildman–Crippen LogP) is 13.4. The molecule has 2 atom stereocenters. The molecule has 0 radical (unpaired) electrons. The van der Waals surface area contributed by atoms with E-state index < -0.39 is 12.6 Å². The summed E-state index contributed by atoms with van der Waals surface area (Å²) in [7, 11) is -3.46. The molecule has 0 N–H and O–H groups in total. The highest BCUT2D eigenvalue weighted by molar-refractivity contribution is 7.85. The molecule has 2 unspecified atom stereocenters. The first-order chi connectivity index (χ1) is 30.9. The Balaban J connectivity index is 1.09. The molecule has 14 rings (SSSR count). The zero-order valence-corrected chi connectivity index (χ0v) is 35.5. The van der Waals surface area contributed by atoms with Gasteiger partial charge in [-0.1, -0.05) is 153 Å². The van der Waals surface area contributed by atoms with Crippen molar-refractivity contribution in [1.29, 1.82) is 0 Å². The van der Waals surface area contributed by atoms with Gasteiger partial charge in [0.2, 0.25) is 0 Å². The van der Waals surface area contributed by atoms with Gasteiger partial charge in [0.1, 0.15) is 22.7 Å². The van der Waals surface area contributed by atoms with Gasteiger partial charge in [-0.25, -0.2) is 0 Å². The van der Waals surface area contributed by atoms with Crippen molar-refractivity contribution >= 4 is 66.8 Å². The molecule has 4 nitrogen and oxygen atoms in total. The molecule has 9 aromatic carbocycles. The van der Waals surface area contributed by atoms with Gasteiger partial charge in [0, 0.05) is 65.8 Å². The van der Waals surface area contributed by atoms with Gasteiger partial charge in [-0.2, -0.15) is 0 Å². The van der Waals surface area contributed by atoms with E-state index in [0.717, 1.165) is 88.3 Å². The lowest BCUT2D eigenvalue weighted by Crippen LogP contribution is -2.48. The van der Waals surface area contributed by atoms with Crippen LogP contribution in [0.2, 0.25) is 0 Å². The fourth-order valence-corrected chi connectivity index (χ4v) is 14.9. The minimum absolute atomic E-state index is 0.150. The Kier molecular flexibility index (Phi) is 6.80. The average molecular weight is 828 g/mol. The maximum Gasteiger partial charge on any atom is 0.171 e. The highest BCUT2D eigenvalue weighted by Crippen LogP contribution is 2.62. The first kappa shape index (κ1) is 35.2. The minimum Gasteiger partial charge on any atom is -0.457 e. The molecule has 0 bridgehead atoms. The van der Waals surface area contributed by atoms with Crippen LogP contribution in [0.3, 0.4) is 0 Å². The number of ether oxygens (including phenoxy) is 1. The molecule has 1 aliphatic carbocycles. The van der Waals surface area contributed by atoms with Crippen LogP contribution in [-0.4, -0.2) is 4.57 Å². The van der Waals surface area contributed by atoms with Crippen LogP contribution in [0.25, 0.3) is 60.6 Å². The number of benzene rings is 9. The van der Waals surface area contributed by atoms with Crippen molar-refractivity contribution in [2.45, 2.75) is 24.7 Å². The molecule has 0 amide bonds. The fraction of sp³-hybridized carbons (Fsp3) is 0.0690. The molecule has 2 aliphatic heterocycles. The van der Waals surface area contributed by atoms with Crippen LogP contribution in [-0.2, 0) is 15.4 Å². The Morgan fingerprint density at radius 1 is 0.444 bits per heavy atom. The van der Waals surface area contributed by atoms with Crippen LogP contribution in [0.4, 0.5) is 0 Å². The van der Waals surface area contributed by atoms with Crippen molar-refractivity contribution < 1.29 is 13.7 Å². The smallest absolute Gasteiger partial charge is 0.171 e. The van der Waals surface area contributed by atoms with Gasteiger partial charge in [-0.15, -0.1) is 0 Å². The summed E-state index contributed by atoms with van der Waals surface area (Å²) in [5.74, 6) is 1.54. The summed E-state index contributed by atoms with van der Waals surface area (Å²) < 4.78 is 32.7. The molecule has 298 valence electrons. The maximum absolute atomic E-state index is 16.6. The van der Waals surface area contributed by atoms with E-state index in [1.807, 2.05) is 54.6 Å². The van der Waals surface area contributed by atoms with Gasteiger partial charge >= 0.3 is 0 Å². The van der Waals surface area contributed by atoms with E-state index >= 15 is 4.57 Å². The van der Waals surface area contributed by atoms with Gasteiger partial charge in [0.15, 0.2) is 7.14 Å². The first-order valence-electron chi connectivity index (χ1n) is 21.7. The van der Waals surface area contributed by atoms with E-state index in [1.165, 1.54) is 33.0 Å². The molecule has 5 heteroatoms. The normalized spacial score (nSPS) is 18.8. The largest absolute Gasteiger partial charge is 0.457 e. The lowest BCUT2D eigenvalue weighted by molar-refractivity contribution is 0.435. The van der Waals surface area contributed by atoms with Gasteiger partial charge in [-0.3, -0.25) is 0 Å². The second-order valence-corrected chi connectivity index (χ2v) is 20.6. The van der Waals surface area contributed by atoms with Crippen LogP contribution in [0.15, 0.2) is 199 Å². The summed E-state index contributed by atoms with van der Waals surface area (Å²) in [4.78, 5) is 0. The number of fused-ring (bicyclic) bond motifs is 17. The number of para-hydroxylation sites is 3. The summed E-state index contributed by atoms with van der Waals surface area (Å²) in [6.45, 7) is 4.69. The van der Waals surface area contributed by atoms with E-state index in [1.54, 1.807) is 0 Å². The Bertz CT molecular complexity index is 3850. The number of rotatable bonds is 2. The maximum atomic E-state index is 16.6. The molecule has 1 spiro atoms. The summed E-state index contributed by atoms with van der Waals surface area (Å²) in [5.41, 5.74) is 13.1.